The molecule has 1 N–H and O–H groups in total. The molecule has 122 valence electrons. The second-order valence-electron chi connectivity index (χ2n) is 5.24. The number of aryl methyl sites for hydroxylation is 1. The molecule has 0 atom stereocenters. The van der Waals surface area contributed by atoms with E-state index < -0.39 is 0 Å². The van der Waals surface area contributed by atoms with E-state index in [0.29, 0.717) is 29.8 Å². The minimum Gasteiger partial charge on any atom is -0.421 e. The maximum Gasteiger partial charge on any atom is 0.247 e. The van der Waals surface area contributed by atoms with Crippen molar-refractivity contribution in [3.63, 3.8) is 0 Å². The van der Waals surface area contributed by atoms with E-state index in [-0.39, 0.29) is 12.3 Å². The quantitative estimate of drug-likeness (QED) is 0.743. The van der Waals surface area contributed by atoms with Crippen LogP contribution in [0, 0.1) is 0 Å². The van der Waals surface area contributed by atoms with Crippen LogP contribution in [0.25, 0.3) is 11.5 Å². The summed E-state index contributed by atoms with van der Waals surface area (Å²) < 4.78 is 5.58. The van der Waals surface area contributed by atoms with Gasteiger partial charge in [0, 0.05) is 30.0 Å². The summed E-state index contributed by atoms with van der Waals surface area (Å²) in [5.41, 5.74) is 1.75. The van der Waals surface area contributed by atoms with Gasteiger partial charge in [-0.2, -0.15) is 0 Å². The van der Waals surface area contributed by atoms with Crippen LogP contribution in [0.15, 0.2) is 59.0 Å². The molecule has 3 aromatic rings. The summed E-state index contributed by atoms with van der Waals surface area (Å²) in [6.07, 6.45) is 0.676. The molecule has 24 heavy (non-hydrogen) atoms. The second-order valence-corrected chi connectivity index (χ2v) is 5.64. The van der Waals surface area contributed by atoms with Crippen LogP contribution in [-0.2, 0) is 17.8 Å². The standard InChI is InChI=1S/C18H16ClN3O2/c19-15-9-5-4-8-14(15)12-20-16(23)10-11-17-21-22-18(24-17)13-6-2-1-3-7-13/h1-9H,10-12H2,(H,20,23). The summed E-state index contributed by atoms with van der Waals surface area (Å²) in [4.78, 5) is 11.9. The number of hydrogen-bond acceptors (Lipinski definition) is 4. The van der Waals surface area contributed by atoms with Gasteiger partial charge in [-0.3, -0.25) is 4.79 Å². The van der Waals surface area contributed by atoms with Gasteiger partial charge in [0.1, 0.15) is 0 Å². The fourth-order valence-corrected chi connectivity index (χ4v) is 2.40. The molecule has 0 saturated heterocycles. The summed E-state index contributed by atoms with van der Waals surface area (Å²) >= 11 is 6.06. The van der Waals surface area contributed by atoms with Crippen molar-refractivity contribution in [3.05, 3.63) is 71.1 Å². The fraction of sp³-hybridized carbons (Fsp3) is 0.167. The molecule has 0 saturated carbocycles. The highest BCUT2D eigenvalue weighted by molar-refractivity contribution is 6.31. The Balaban J connectivity index is 1.50. The SMILES string of the molecule is O=C(CCc1nnc(-c2ccccc2)o1)NCc1ccccc1Cl. The molecule has 0 bridgehead atoms. The number of benzene rings is 2. The summed E-state index contributed by atoms with van der Waals surface area (Å²) in [6, 6.07) is 16.9. The summed E-state index contributed by atoms with van der Waals surface area (Å²) in [5.74, 6) is 0.818. The predicted octanol–water partition coefficient (Wildman–Crippen LogP) is 3.64. The van der Waals surface area contributed by atoms with Gasteiger partial charge in [0.05, 0.1) is 0 Å². The number of carbonyl (C=O) groups excluding carboxylic acids is 1. The molecule has 1 amide bonds. The molecule has 0 unspecified atom stereocenters. The number of nitrogens with zero attached hydrogens (tertiary/aromatic N) is 2. The number of carbonyl (C=O) groups is 1. The second kappa shape index (κ2) is 7.75. The zero-order chi connectivity index (χ0) is 16.8. The molecule has 1 heterocycles. The van der Waals surface area contributed by atoms with E-state index in [0.717, 1.165) is 11.1 Å². The highest BCUT2D eigenvalue weighted by atomic mass is 35.5. The number of rotatable bonds is 6. The number of aromatic nitrogens is 2. The molecule has 0 aliphatic rings. The Morgan fingerprint density at radius 2 is 1.79 bits per heavy atom. The fourth-order valence-electron chi connectivity index (χ4n) is 2.20. The van der Waals surface area contributed by atoms with Gasteiger partial charge in [-0.1, -0.05) is 48.0 Å². The van der Waals surface area contributed by atoms with Crippen molar-refractivity contribution in [2.45, 2.75) is 19.4 Å². The Hall–Kier alpha value is -2.66. The Kier molecular flexibility index (Phi) is 5.23. The van der Waals surface area contributed by atoms with Gasteiger partial charge in [-0.25, -0.2) is 0 Å². The number of amides is 1. The third-order valence-corrected chi connectivity index (χ3v) is 3.86. The van der Waals surface area contributed by atoms with Crippen molar-refractivity contribution in [2.24, 2.45) is 0 Å². The molecule has 6 heteroatoms. The lowest BCUT2D eigenvalue weighted by Gasteiger charge is -2.06. The molecule has 1 aromatic heterocycles. The Bertz CT molecular complexity index is 818. The predicted molar refractivity (Wildman–Crippen MR) is 91.4 cm³/mol. The van der Waals surface area contributed by atoms with Gasteiger partial charge < -0.3 is 9.73 Å². The summed E-state index contributed by atoms with van der Waals surface area (Å²) in [5, 5.41) is 11.5. The first-order valence-corrected chi connectivity index (χ1v) is 7.98. The van der Waals surface area contributed by atoms with Crippen LogP contribution in [-0.4, -0.2) is 16.1 Å². The van der Waals surface area contributed by atoms with Crippen LogP contribution >= 0.6 is 11.6 Å². The molecule has 0 fully saturated rings. The van der Waals surface area contributed by atoms with Gasteiger partial charge in [0.25, 0.3) is 0 Å². The maximum atomic E-state index is 11.9. The molecule has 0 radical (unpaired) electrons. The van der Waals surface area contributed by atoms with Crippen molar-refractivity contribution in [2.75, 3.05) is 0 Å². The molecular formula is C18H16ClN3O2. The van der Waals surface area contributed by atoms with Gasteiger partial charge in [-0.15, -0.1) is 10.2 Å². The average molecular weight is 342 g/mol. The Labute approximate surface area is 144 Å². The van der Waals surface area contributed by atoms with E-state index in [4.69, 9.17) is 16.0 Å². The van der Waals surface area contributed by atoms with Crippen molar-refractivity contribution in [3.8, 4) is 11.5 Å². The molecule has 2 aromatic carbocycles. The molecular weight excluding hydrogens is 326 g/mol. The van der Waals surface area contributed by atoms with Crippen LogP contribution < -0.4 is 5.32 Å². The van der Waals surface area contributed by atoms with E-state index >= 15 is 0 Å². The van der Waals surface area contributed by atoms with Gasteiger partial charge in [0.15, 0.2) is 0 Å². The number of hydrogen-bond donors (Lipinski definition) is 1. The van der Waals surface area contributed by atoms with Crippen molar-refractivity contribution >= 4 is 17.5 Å². The lowest BCUT2D eigenvalue weighted by Crippen LogP contribution is -2.23. The third kappa shape index (κ3) is 4.20. The molecule has 0 aliphatic heterocycles. The number of nitrogens with one attached hydrogen (secondary N) is 1. The molecule has 5 nitrogen and oxygen atoms in total. The third-order valence-electron chi connectivity index (χ3n) is 3.49. The normalized spacial score (nSPS) is 10.5. The summed E-state index contributed by atoms with van der Waals surface area (Å²) in [6.45, 7) is 0.400. The lowest BCUT2D eigenvalue weighted by atomic mass is 10.2. The maximum absolute atomic E-state index is 11.9. The van der Waals surface area contributed by atoms with E-state index in [9.17, 15) is 4.79 Å². The summed E-state index contributed by atoms with van der Waals surface area (Å²) in [7, 11) is 0. The monoisotopic (exact) mass is 341 g/mol. The Morgan fingerprint density at radius 1 is 1.04 bits per heavy atom. The van der Waals surface area contributed by atoms with Crippen LogP contribution in [0.3, 0.4) is 0 Å². The first-order chi connectivity index (χ1) is 11.7. The first kappa shape index (κ1) is 16.2. The highest BCUT2D eigenvalue weighted by Crippen LogP contribution is 2.17. The molecule has 0 spiro atoms. The number of halogens is 1. The zero-order valence-electron chi connectivity index (χ0n) is 12.9. The van der Waals surface area contributed by atoms with E-state index in [1.165, 1.54) is 0 Å². The smallest absolute Gasteiger partial charge is 0.247 e. The van der Waals surface area contributed by atoms with E-state index in [1.807, 2.05) is 48.5 Å². The molecule has 3 rings (SSSR count). The van der Waals surface area contributed by atoms with Gasteiger partial charge in [0.2, 0.25) is 17.7 Å². The molecule has 0 aliphatic carbocycles. The van der Waals surface area contributed by atoms with Crippen molar-refractivity contribution in [1.82, 2.24) is 15.5 Å². The zero-order valence-corrected chi connectivity index (χ0v) is 13.7. The topological polar surface area (TPSA) is 68.0 Å². The van der Waals surface area contributed by atoms with Crippen LogP contribution in [0.4, 0.5) is 0 Å². The van der Waals surface area contributed by atoms with E-state index in [1.54, 1.807) is 6.07 Å². The van der Waals surface area contributed by atoms with Crippen molar-refractivity contribution < 1.29 is 9.21 Å². The Morgan fingerprint density at radius 3 is 2.58 bits per heavy atom. The van der Waals surface area contributed by atoms with Crippen LogP contribution in [0.1, 0.15) is 17.9 Å². The lowest BCUT2D eigenvalue weighted by molar-refractivity contribution is -0.121. The van der Waals surface area contributed by atoms with Gasteiger partial charge >= 0.3 is 0 Å². The van der Waals surface area contributed by atoms with Gasteiger partial charge in [-0.05, 0) is 23.8 Å². The average Bonchev–Trinajstić information content (AvgIpc) is 3.09. The minimum absolute atomic E-state index is 0.0885. The first-order valence-electron chi connectivity index (χ1n) is 7.60. The minimum atomic E-state index is -0.0885. The van der Waals surface area contributed by atoms with Crippen molar-refractivity contribution in [1.29, 1.82) is 0 Å². The van der Waals surface area contributed by atoms with Crippen LogP contribution in [0.5, 0.6) is 0 Å². The highest BCUT2D eigenvalue weighted by Gasteiger charge is 2.10. The van der Waals surface area contributed by atoms with Crippen LogP contribution in [0.2, 0.25) is 5.02 Å². The van der Waals surface area contributed by atoms with E-state index in [2.05, 4.69) is 15.5 Å². The largest absolute Gasteiger partial charge is 0.421 e.